The largest absolute Gasteiger partial charge is 0.493 e. The highest BCUT2D eigenvalue weighted by molar-refractivity contribution is 5.79. The molecule has 0 spiro atoms. The quantitative estimate of drug-likeness (QED) is 0.551. The number of nitrogens with one attached hydrogen (secondary N) is 2. The van der Waals surface area contributed by atoms with Gasteiger partial charge in [-0.15, -0.1) is 0 Å². The van der Waals surface area contributed by atoms with E-state index in [0.29, 0.717) is 30.3 Å². The Labute approximate surface area is 161 Å². The molecule has 0 atom stereocenters. The zero-order valence-corrected chi connectivity index (χ0v) is 16.8. The van der Waals surface area contributed by atoms with Crippen LogP contribution in [0.5, 0.6) is 17.2 Å². The molecule has 2 aromatic carbocycles. The van der Waals surface area contributed by atoms with Crippen LogP contribution in [0.1, 0.15) is 23.6 Å². The van der Waals surface area contributed by atoms with E-state index >= 15 is 0 Å². The van der Waals surface area contributed by atoms with Crippen LogP contribution < -0.4 is 24.8 Å². The topological polar surface area (TPSA) is 64.1 Å². The highest BCUT2D eigenvalue weighted by atomic mass is 16.5. The zero-order chi connectivity index (χ0) is 19.6. The van der Waals surface area contributed by atoms with E-state index in [1.54, 1.807) is 28.4 Å². The second-order valence-electron chi connectivity index (χ2n) is 5.90. The van der Waals surface area contributed by atoms with Crippen LogP contribution in [0.15, 0.2) is 41.4 Å². The first-order valence-electron chi connectivity index (χ1n) is 8.97. The molecule has 0 radical (unpaired) electrons. The molecule has 146 valence electrons. The van der Waals surface area contributed by atoms with Crippen molar-refractivity contribution in [3.8, 4) is 17.2 Å². The van der Waals surface area contributed by atoms with Gasteiger partial charge < -0.3 is 24.8 Å². The lowest BCUT2D eigenvalue weighted by atomic mass is 10.1. The smallest absolute Gasteiger partial charge is 0.203 e. The summed E-state index contributed by atoms with van der Waals surface area (Å²) in [5, 5.41) is 6.68. The monoisotopic (exact) mass is 371 g/mol. The van der Waals surface area contributed by atoms with E-state index in [0.717, 1.165) is 17.9 Å². The zero-order valence-electron chi connectivity index (χ0n) is 16.8. The number of methoxy groups -OCH3 is 3. The Bertz CT molecular complexity index is 775. The summed E-state index contributed by atoms with van der Waals surface area (Å²) in [6.45, 7) is 3.42. The molecule has 0 fully saturated rings. The average Bonchev–Trinajstić information content (AvgIpc) is 2.73. The predicted octanol–water partition coefficient (Wildman–Crippen LogP) is 3.14. The molecule has 0 aliphatic heterocycles. The molecule has 0 aliphatic carbocycles. The van der Waals surface area contributed by atoms with Crippen molar-refractivity contribution in [1.29, 1.82) is 0 Å². The minimum Gasteiger partial charge on any atom is -0.493 e. The molecule has 2 N–H and O–H groups in total. The van der Waals surface area contributed by atoms with Gasteiger partial charge in [-0.2, -0.15) is 0 Å². The van der Waals surface area contributed by atoms with E-state index in [2.05, 4.69) is 46.8 Å². The first-order chi connectivity index (χ1) is 13.2. The second kappa shape index (κ2) is 10.3. The Hall–Kier alpha value is -2.89. The van der Waals surface area contributed by atoms with Crippen molar-refractivity contribution in [1.82, 2.24) is 10.6 Å². The fourth-order valence-corrected chi connectivity index (χ4v) is 2.96. The number of aliphatic imine (C=N–C) groups is 1. The van der Waals surface area contributed by atoms with Gasteiger partial charge in [0.05, 0.1) is 21.3 Å². The molecule has 6 nitrogen and oxygen atoms in total. The molecule has 0 bridgehead atoms. The number of benzene rings is 2. The van der Waals surface area contributed by atoms with Crippen LogP contribution in [-0.2, 0) is 19.5 Å². The van der Waals surface area contributed by atoms with Gasteiger partial charge in [0, 0.05) is 25.7 Å². The van der Waals surface area contributed by atoms with E-state index in [1.165, 1.54) is 11.1 Å². The van der Waals surface area contributed by atoms with Gasteiger partial charge in [0.15, 0.2) is 17.5 Å². The van der Waals surface area contributed by atoms with Crippen LogP contribution in [0, 0.1) is 0 Å². The Morgan fingerprint density at radius 2 is 1.44 bits per heavy atom. The average molecular weight is 371 g/mol. The van der Waals surface area contributed by atoms with Crippen LogP contribution in [0.3, 0.4) is 0 Å². The summed E-state index contributed by atoms with van der Waals surface area (Å²) < 4.78 is 16.3. The molecule has 0 amide bonds. The van der Waals surface area contributed by atoms with E-state index in [4.69, 9.17) is 14.2 Å². The number of ether oxygens (including phenoxy) is 3. The fraction of sp³-hybridized carbons (Fsp3) is 0.381. The van der Waals surface area contributed by atoms with Gasteiger partial charge >= 0.3 is 0 Å². The summed E-state index contributed by atoms with van der Waals surface area (Å²) in [6, 6.07) is 12.2. The third kappa shape index (κ3) is 5.06. The Morgan fingerprint density at radius 3 is 2.00 bits per heavy atom. The molecule has 0 saturated carbocycles. The van der Waals surface area contributed by atoms with Crippen LogP contribution >= 0.6 is 0 Å². The Kier molecular flexibility index (Phi) is 7.79. The van der Waals surface area contributed by atoms with Crippen LogP contribution in [0.2, 0.25) is 0 Å². The molecule has 0 saturated heterocycles. The summed E-state index contributed by atoms with van der Waals surface area (Å²) in [4.78, 5) is 4.30. The van der Waals surface area contributed by atoms with Crippen molar-refractivity contribution in [2.75, 3.05) is 28.4 Å². The third-order valence-corrected chi connectivity index (χ3v) is 4.40. The summed E-state index contributed by atoms with van der Waals surface area (Å²) in [7, 11) is 6.58. The summed E-state index contributed by atoms with van der Waals surface area (Å²) in [5.74, 6) is 2.59. The number of hydrogen-bond acceptors (Lipinski definition) is 4. The third-order valence-electron chi connectivity index (χ3n) is 4.40. The molecule has 2 aromatic rings. The van der Waals surface area contributed by atoms with Crippen molar-refractivity contribution < 1.29 is 14.2 Å². The van der Waals surface area contributed by atoms with Gasteiger partial charge in [-0.1, -0.05) is 31.2 Å². The lowest BCUT2D eigenvalue weighted by molar-refractivity contribution is 0.322. The molecular weight excluding hydrogens is 342 g/mol. The van der Waals surface area contributed by atoms with Crippen molar-refractivity contribution in [3.63, 3.8) is 0 Å². The van der Waals surface area contributed by atoms with E-state index in [9.17, 15) is 0 Å². The Morgan fingerprint density at radius 1 is 0.815 bits per heavy atom. The maximum atomic E-state index is 5.53. The van der Waals surface area contributed by atoms with E-state index in [-0.39, 0.29) is 0 Å². The lowest BCUT2D eigenvalue weighted by Gasteiger charge is -2.17. The molecule has 0 heterocycles. The minimum atomic E-state index is 0.540. The van der Waals surface area contributed by atoms with Crippen LogP contribution in [0.4, 0.5) is 0 Å². The first-order valence-corrected chi connectivity index (χ1v) is 8.97. The maximum Gasteiger partial charge on any atom is 0.203 e. The van der Waals surface area contributed by atoms with Crippen molar-refractivity contribution in [2.45, 2.75) is 26.4 Å². The van der Waals surface area contributed by atoms with Crippen molar-refractivity contribution in [3.05, 3.63) is 53.1 Å². The van der Waals surface area contributed by atoms with Crippen molar-refractivity contribution >= 4 is 5.96 Å². The molecular formula is C21H29N3O3. The number of aryl methyl sites for hydroxylation is 1. The second-order valence-corrected chi connectivity index (χ2v) is 5.90. The van der Waals surface area contributed by atoms with Gasteiger partial charge in [-0.05, 0) is 29.7 Å². The highest BCUT2D eigenvalue weighted by Crippen LogP contribution is 2.39. The molecule has 27 heavy (non-hydrogen) atoms. The minimum absolute atomic E-state index is 0.540. The molecule has 0 unspecified atom stereocenters. The lowest BCUT2D eigenvalue weighted by Crippen LogP contribution is -2.36. The molecule has 6 heteroatoms. The Balaban J connectivity index is 2.06. The molecule has 0 aromatic heterocycles. The van der Waals surface area contributed by atoms with Crippen LogP contribution in [0.25, 0.3) is 0 Å². The summed E-state index contributed by atoms with van der Waals surface area (Å²) in [5.41, 5.74) is 3.56. The van der Waals surface area contributed by atoms with Gasteiger partial charge in [-0.25, -0.2) is 0 Å². The number of rotatable bonds is 8. The van der Waals surface area contributed by atoms with E-state index < -0.39 is 0 Å². The van der Waals surface area contributed by atoms with E-state index in [1.807, 2.05) is 12.1 Å². The number of guanidine groups is 1. The molecule has 0 aliphatic rings. The van der Waals surface area contributed by atoms with Gasteiger partial charge in [0.1, 0.15) is 0 Å². The maximum absolute atomic E-state index is 5.53. The van der Waals surface area contributed by atoms with Crippen molar-refractivity contribution in [2.24, 2.45) is 4.99 Å². The van der Waals surface area contributed by atoms with Gasteiger partial charge in [-0.3, -0.25) is 4.99 Å². The number of nitrogens with zero attached hydrogens (tertiary/aromatic N) is 1. The van der Waals surface area contributed by atoms with Gasteiger partial charge in [0.25, 0.3) is 0 Å². The normalized spacial score (nSPS) is 11.1. The van der Waals surface area contributed by atoms with Crippen LogP contribution in [-0.4, -0.2) is 34.3 Å². The summed E-state index contributed by atoms with van der Waals surface area (Å²) in [6.07, 6.45) is 1.01. The predicted molar refractivity (Wildman–Crippen MR) is 109 cm³/mol. The number of hydrogen-bond donors (Lipinski definition) is 2. The molecule has 2 rings (SSSR count). The summed E-state index contributed by atoms with van der Waals surface area (Å²) >= 11 is 0. The standard InChI is InChI=1S/C21H29N3O3/c1-6-15-9-7-8-10-16(15)13-23-21(22-2)24-14-17-11-12-18(25-3)20(27-5)19(17)26-4/h7-12H,6,13-14H2,1-5H3,(H2,22,23,24). The fourth-order valence-electron chi connectivity index (χ4n) is 2.96. The first kappa shape index (κ1) is 20.4. The van der Waals surface area contributed by atoms with Gasteiger partial charge in [0.2, 0.25) is 5.75 Å². The highest BCUT2D eigenvalue weighted by Gasteiger charge is 2.15. The SMILES string of the molecule is CCc1ccccc1CNC(=NC)NCc1ccc(OC)c(OC)c1OC.